The summed E-state index contributed by atoms with van der Waals surface area (Å²) in [5.41, 5.74) is 10.4. The average molecular weight is 465 g/mol. The van der Waals surface area contributed by atoms with Gasteiger partial charge in [-0.25, -0.2) is 13.5 Å². The lowest BCUT2D eigenvalue weighted by Gasteiger charge is -2.10. The normalized spacial score (nSPS) is 11.3. The number of halogens is 5. The van der Waals surface area contributed by atoms with E-state index in [0.717, 1.165) is 18.2 Å². The molecule has 0 radical (unpaired) electrons. The van der Waals surface area contributed by atoms with Crippen molar-refractivity contribution in [2.75, 3.05) is 12.3 Å². The van der Waals surface area contributed by atoms with Crippen LogP contribution in [0.15, 0.2) is 36.4 Å². The molecule has 1 amide bonds. The summed E-state index contributed by atoms with van der Waals surface area (Å²) in [6, 6.07) is 8.66. The third-order valence-electron chi connectivity index (χ3n) is 4.60. The fraction of sp³-hybridized carbons (Fsp3) is 0.190. The molecule has 2 aromatic carbocycles. The average Bonchev–Trinajstić information content (AvgIpc) is 3.03. The minimum atomic E-state index is -4.61. The van der Waals surface area contributed by atoms with Gasteiger partial charge in [0, 0.05) is 12.0 Å². The molecule has 0 atom stereocenters. The Balaban J connectivity index is 1.78. The van der Waals surface area contributed by atoms with Crippen molar-refractivity contribution in [1.82, 2.24) is 9.78 Å². The molecule has 4 N–H and O–H groups in total. The van der Waals surface area contributed by atoms with Gasteiger partial charge in [0.15, 0.2) is 0 Å². The molecule has 1 heterocycles. The standard InChI is InChI=1S/C21H16F5N5O2/c22-13-3-4-17(14(8-13)20(29)32)33-6-5-11-1-2-12(7-16(11)23)18-15(9-27)19(28)31(30-18)10-21(24,25)26/h1-4,7-8H,5-6,10,28H2,(H2,29,32). The molecule has 0 spiro atoms. The number of benzene rings is 2. The first-order valence-corrected chi connectivity index (χ1v) is 9.34. The van der Waals surface area contributed by atoms with Crippen LogP contribution < -0.4 is 16.2 Å². The number of nitrogens with zero attached hydrogens (tertiary/aromatic N) is 3. The molecule has 0 bridgehead atoms. The number of hydrogen-bond donors (Lipinski definition) is 2. The molecule has 0 fully saturated rings. The van der Waals surface area contributed by atoms with Gasteiger partial charge in [0.25, 0.3) is 5.91 Å². The third-order valence-corrected chi connectivity index (χ3v) is 4.60. The zero-order chi connectivity index (χ0) is 24.3. The largest absolute Gasteiger partial charge is 0.492 e. The minimum absolute atomic E-state index is 0.0327. The Morgan fingerprint density at radius 2 is 1.91 bits per heavy atom. The molecule has 0 unspecified atom stereocenters. The van der Waals surface area contributed by atoms with Crippen molar-refractivity contribution in [2.45, 2.75) is 19.1 Å². The summed E-state index contributed by atoms with van der Waals surface area (Å²) < 4.78 is 71.9. The lowest BCUT2D eigenvalue weighted by atomic mass is 10.0. The number of carbonyl (C=O) groups excluding carboxylic acids is 1. The summed E-state index contributed by atoms with van der Waals surface area (Å²) in [6.07, 6.45) is -4.57. The predicted molar refractivity (Wildman–Crippen MR) is 107 cm³/mol. The fourth-order valence-electron chi connectivity index (χ4n) is 3.07. The molecule has 3 aromatic rings. The number of hydrogen-bond acceptors (Lipinski definition) is 5. The van der Waals surface area contributed by atoms with E-state index in [9.17, 15) is 32.0 Å². The summed E-state index contributed by atoms with van der Waals surface area (Å²) in [6.45, 7) is -1.58. The number of carbonyl (C=O) groups is 1. The van der Waals surface area contributed by atoms with Gasteiger partial charge in [-0.2, -0.15) is 23.5 Å². The van der Waals surface area contributed by atoms with Gasteiger partial charge in [0.05, 0.1) is 12.2 Å². The number of aromatic nitrogens is 2. The van der Waals surface area contributed by atoms with Gasteiger partial charge in [0.2, 0.25) is 0 Å². The molecule has 0 aliphatic carbocycles. The second-order valence-electron chi connectivity index (χ2n) is 6.90. The molecule has 172 valence electrons. The van der Waals surface area contributed by atoms with Crippen molar-refractivity contribution in [3.8, 4) is 23.1 Å². The Bertz CT molecular complexity index is 1250. The van der Waals surface area contributed by atoms with Gasteiger partial charge in [0.1, 0.15) is 47.1 Å². The molecule has 0 saturated heterocycles. The highest BCUT2D eigenvalue weighted by atomic mass is 19.4. The van der Waals surface area contributed by atoms with E-state index >= 15 is 0 Å². The second kappa shape index (κ2) is 9.15. The highest BCUT2D eigenvalue weighted by molar-refractivity contribution is 5.95. The van der Waals surface area contributed by atoms with Crippen LogP contribution in [0.5, 0.6) is 5.75 Å². The van der Waals surface area contributed by atoms with Gasteiger partial charge in [-0.1, -0.05) is 12.1 Å². The SMILES string of the molecule is N#Cc1c(-c2ccc(CCOc3ccc(F)cc3C(N)=O)c(F)c2)nn(CC(F)(F)F)c1N. The van der Waals surface area contributed by atoms with Gasteiger partial charge in [-0.3, -0.25) is 4.79 Å². The molecular weight excluding hydrogens is 449 g/mol. The van der Waals surface area contributed by atoms with E-state index in [1.165, 1.54) is 18.2 Å². The molecule has 7 nitrogen and oxygen atoms in total. The smallest absolute Gasteiger partial charge is 0.408 e. The Hall–Kier alpha value is -4.14. The summed E-state index contributed by atoms with van der Waals surface area (Å²) in [7, 11) is 0. The van der Waals surface area contributed by atoms with Crippen molar-refractivity contribution >= 4 is 11.7 Å². The number of ether oxygens (including phenoxy) is 1. The van der Waals surface area contributed by atoms with Crippen LogP contribution in [0.2, 0.25) is 0 Å². The number of nitrogen functional groups attached to an aromatic ring is 1. The lowest BCUT2D eigenvalue weighted by molar-refractivity contribution is -0.142. The van der Waals surface area contributed by atoms with Crippen LogP contribution in [0.25, 0.3) is 11.3 Å². The number of anilines is 1. The van der Waals surface area contributed by atoms with E-state index in [0.29, 0.717) is 4.68 Å². The van der Waals surface area contributed by atoms with Crippen molar-refractivity contribution < 1.29 is 31.5 Å². The van der Waals surface area contributed by atoms with E-state index in [1.807, 2.05) is 0 Å². The molecular formula is C21H16F5N5O2. The van der Waals surface area contributed by atoms with Gasteiger partial charge < -0.3 is 16.2 Å². The maximum atomic E-state index is 14.6. The van der Waals surface area contributed by atoms with E-state index in [2.05, 4.69) is 5.10 Å². The fourth-order valence-corrected chi connectivity index (χ4v) is 3.07. The maximum Gasteiger partial charge on any atom is 0.408 e. The Morgan fingerprint density at radius 1 is 1.18 bits per heavy atom. The topological polar surface area (TPSA) is 120 Å². The molecule has 3 rings (SSSR count). The van der Waals surface area contributed by atoms with Crippen LogP contribution in [0, 0.1) is 23.0 Å². The predicted octanol–water partition coefficient (Wildman–Crippen LogP) is 3.56. The van der Waals surface area contributed by atoms with Crippen molar-refractivity contribution in [1.29, 1.82) is 5.26 Å². The van der Waals surface area contributed by atoms with E-state index < -0.39 is 36.1 Å². The van der Waals surface area contributed by atoms with Crippen LogP contribution in [0.4, 0.5) is 27.8 Å². The number of amides is 1. The molecule has 1 aromatic heterocycles. The second-order valence-corrected chi connectivity index (χ2v) is 6.90. The first-order chi connectivity index (χ1) is 15.5. The van der Waals surface area contributed by atoms with E-state index in [1.54, 1.807) is 6.07 Å². The zero-order valence-corrected chi connectivity index (χ0v) is 16.8. The third kappa shape index (κ3) is 5.38. The Labute approximate surface area is 184 Å². The van der Waals surface area contributed by atoms with Gasteiger partial charge in [-0.15, -0.1) is 0 Å². The Kier molecular flexibility index (Phi) is 6.52. The van der Waals surface area contributed by atoms with E-state index in [4.69, 9.17) is 16.2 Å². The monoisotopic (exact) mass is 465 g/mol. The zero-order valence-electron chi connectivity index (χ0n) is 16.8. The highest BCUT2D eigenvalue weighted by Gasteiger charge is 2.31. The number of nitriles is 1. The summed E-state index contributed by atoms with van der Waals surface area (Å²) >= 11 is 0. The van der Waals surface area contributed by atoms with Crippen molar-refractivity contribution in [3.63, 3.8) is 0 Å². The molecule has 0 saturated carbocycles. The first kappa shape index (κ1) is 23.5. The Morgan fingerprint density at radius 3 is 2.52 bits per heavy atom. The number of primary amides is 1. The molecule has 33 heavy (non-hydrogen) atoms. The van der Waals surface area contributed by atoms with E-state index in [-0.39, 0.29) is 46.7 Å². The maximum absolute atomic E-state index is 14.6. The van der Waals surface area contributed by atoms with Crippen LogP contribution in [-0.2, 0) is 13.0 Å². The number of rotatable bonds is 7. The summed E-state index contributed by atoms with van der Waals surface area (Å²) in [4.78, 5) is 11.4. The number of nitrogens with two attached hydrogens (primary N) is 2. The van der Waals surface area contributed by atoms with Crippen LogP contribution in [0.3, 0.4) is 0 Å². The number of alkyl halides is 3. The summed E-state index contributed by atoms with van der Waals surface area (Å²) in [5.74, 6) is -2.74. The van der Waals surface area contributed by atoms with Crippen LogP contribution in [-0.4, -0.2) is 28.5 Å². The highest BCUT2D eigenvalue weighted by Crippen LogP contribution is 2.30. The van der Waals surface area contributed by atoms with Gasteiger partial charge in [-0.05, 0) is 29.8 Å². The minimum Gasteiger partial charge on any atom is -0.492 e. The summed E-state index contributed by atoms with van der Waals surface area (Å²) in [5, 5.41) is 13.0. The van der Waals surface area contributed by atoms with Crippen molar-refractivity contribution in [2.24, 2.45) is 5.73 Å². The first-order valence-electron chi connectivity index (χ1n) is 9.34. The van der Waals surface area contributed by atoms with Crippen molar-refractivity contribution in [3.05, 3.63) is 64.7 Å². The van der Waals surface area contributed by atoms with Crippen LogP contribution >= 0.6 is 0 Å². The van der Waals surface area contributed by atoms with Crippen LogP contribution in [0.1, 0.15) is 21.5 Å². The lowest BCUT2D eigenvalue weighted by Crippen LogP contribution is -2.20. The quantitative estimate of drug-likeness (QED) is 0.517. The molecule has 0 aliphatic heterocycles. The van der Waals surface area contributed by atoms with Gasteiger partial charge >= 0.3 is 6.18 Å². The molecule has 12 heteroatoms. The molecule has 0 aliphatic rings.